The molecule has 0 heterocycles. The van der Waals surface area contributed by atoms with Crippen LogP contribution in [0, 0.1) is 0 Å². The largest absolute Gasteiger partial charge is 0.365 e. The first-order valence-corrected chi connectivity index (χ1v) is 4.94. The minimum absolute atomic E-state index is 0.316. The van der Waals surface area contributed by atoms with Gasteiger partial charge in [-0.1, -0.05) is 6.08 Å². The van der Waals surface area contributed by atoms with Crippen molar-refractivity contribution in [2.24, 2.45) is 0 Å². The Morgan fingerprint density at radius 3 is 2.50 bits per heavy atom. The van der Waals surface area contributed by atoms with Crippen LogP contribution in [0.3, 0.4) is 0 Å². The van der Waals surface area contributed by atoms with Crippen LogP contribution >= 0.6 is 0 Å². The molecule has 0 fully saturated rings. The molecule has 0 spiro atoms. The fourth-order valence-electron chi connectivity index (χ4n) is 0.333. The van der Waals surface area contributed by atoms with Crippen molar-refractivity contribution in [1.29, 1.82) is 0 Å². The molecule has 0 aromatic rings. The molecule has 0 aliphatic heterocycles. The van der Waals surface area contributed by atoms with E-state index in [9.17, 15) is 0 Å². The highest BCUT2D eigenvalue weighted by atomic mass is 24.5. The van der Waals surface area contributed by atoms with Crippen LogP contribution in [-0.4, -0.2) is 20.4 Å². The van der Waals surface area contributed by atoms with Crippen LogP contribution in [-0.2, 0) is 0 Å². The summed E-state index contributed by atoms with van der Waals surface area (Å²) in [5.74, 6) is 0. The van der Waals surface area contributed by atoms with Gasteiger partial charge >= 0.3 is 20.4 Å². The Balaban J connectivity index is 2.66. The third-order valence-corrected chi connectivity index (χ3v) is 1.60. The maximum absolute atomic E-state index is 2.32. The Morgan fingerprint density at radius 2 is 2.33 bits per heavy atom. The van der Waals surface area contributed by atoms with E-state index in [2.05, 4.69) is 24.1 Å². The molecule has 0 amide bonds. The summed E-state index contributed by atoms with van der Waals surface area (Å²) in [6.07, 6.45) is 4.36. The van der Waals surface area contributed by atoms with Crippen LogP contribution in [0.25, 0.3) is 0 Å². The van der Waals surface area contributed by atoms with Crippen molar-refractivity contribution < 1.29 is 0 Å². The van der Waals surface area contributed by atoms with Gasteiger partial charge < -0.3 is 0 Å². The molecule has 0 saturated carbocycles. The molecule has 0 aromatic carbocycles. The van der Waals surface area contributed by atoms with Gasteiger partial charge in [0, 0.05) is 0 Å². The monoisotopic (exact) mass is 94.1 g/mol. The fraction of sp³-hybridized carbons (Fsp3) is 0.600. The zero-order chi connectivity index (χ0) is 4.83. The van der Waals surface area contributed by atoms with E-state index in [4.69, 9.17) is 0 Å². The Hall–Kier alpha value is 0.506. The minimum Gasteiger partial charge on any atom is -0.157 e. The van der Waals surface area contributed by atoms with Crippen molar-refractivity contribution in [3.05, 3.63) is 12.2 Å². The van der Waals surface area contributed by atoms with E-state index < -0.39 is 0 Å². The first-order valence-electron chi connectivity index (χ1n) is 2.53. The van der Waals surface area contributed by atoms with E-state index in [-0.39, 0.29) is 0 Å². The third kappa shape index (κ3) is 4.51. The molecule has 0 unspecified atom stereocenters. The number of rotatable bonds is 2. The van der Waals surface area contributed by atoms with Gasteiger partial charge in [-0.2, -0.15) is 5.05 Å². The summed E-state index contributed by atoms with van der Waals surface area (Å²) in [5.41, 5.74) is 0. The van der Waals surface area contributed by atoms with E-state index >= 15 is 0 Å². The maximum Gasteiger partial charge on any atom is 0.365 e. The van der Waals surface area contributed by atoms with Crippen molar-refractivity contribution >= 4 is 20.4 Å². The Labute approximate surface area is 49.4 Å². The molecular formula is C5H10Mg. The van der Waals surface area contributed by atoms with Crippen molar-refractivity contribution in [1.82, 2.24) is 0 Å². The summed E-state index contributed by atoms with van der Waals surface area (Å²) in [5, 5.41) is 2.32. The lowest BCUT2D eigenvalue weighted by atomic mass is 10.6. The molecule has 1 heteroatoms. The molecule has 6 heavy (non-hydrogen) atoms. The molecule has 0 radical (unpaired) electrons. The number of hydrogen-bond donors (Lipinski definition) is 0. The second-order valence-electron chi connectivity index (χ2n) is 1.36. The topological polar surface area (TPSA) is 0 Å². The predicted octanol–water partition coefficient (Wildman–Crippen LogP) is 1.73. The van der Waals surface area contributed by atoms with E-state index in [1.54, 1.807) is 0 Å². The van der Waals surface area contributed by atoms with E-state index in [1.807, 2.05) is 0 Å². The van der Waals surface area contributed by atoms with Crippen molar-refractivity contribution in [2.45, 2.75) is 16.5 Å². The predicted molar refractivity (Wildman–Crippen MR) is 31.2 cm³/mol. The summed E-state index contributed by atoms with van der Waals surface area (Å²) < 4.78 is 1.37. The molecule has 0 N–H and O–H groups in total. The number of hydrogen-bond acceptors (Lipinski definition) is 0. The van der Waals surface area contributed by atoms with Gasteiger partial charge in [0.1, 0.15) is 0 Å². The minimum atomic E-state index is 0.316. The van der Waals surface area contributed by atoms with Gasteiger partial charge in [0.15, 0.2) is 0 Å². The molecule has 0 rings (SSSR count). The highest BCUT2D eigenvalue weighted by Gasteiger charge is 1.74. The van der Waals surface area contributed by atoms with E-state index in [0.717, 1.165) is 0 Å². The first kappa shape index (κ1) is 6.51. The highest BCUT2D eigenvalue weighted by Crippen LogP contribution is 1.77. The average molecular weight is 94.4 g/mol. The Morgan fingerprint density at radius 1 is 1.67 bits per heavy atom. The molecule has 32 valence electrons. The van der Waals surface area contributed by atoms with Gasteiger partial charge in [0.05, 0.1) is 0 Å². The van der Waals surface area contributed by atoms with Crippen molar-refractivity contribution in [3.8, 4) is 0 Å². The van der Waals surface area contributed by atoms with Gasteiger partial charge in [-0.3, -0.25) is 0 Å². The normalized spacial score (nSPS) is 9.00. The van der Waals surface area contributed by atoms with Crippen LogP contribution in [0.2, 0.25) is 9.60 Å². The van der Waals surface area contributed by atoms with Gasteiger partial charge in [-0.15, -0.1) is 10.6 Å². The summed E-state index contributed by atoms with van der Waals surface area (Å²) in [6, 6.07) is 0. The average Bonchev–Trinajstić information content (AvgIpc) is 1.61. The highest BCUT2D eigenvalue weighted by molar-refractivity contribution is 6.34. The summed E-state index contributed by atoms with van der Waals surface area (Å²) in [6.45, 7) is 2.07. The molecule has 0 aliphatic rings. The molecule has 0 aliphatic carbocycles. The quantitative estimate of drug-likeness (QED) is 0.361. The second kappa shape index (κ2) is 5.51. The van der Waals surface area contributed by atoms with E-state index in [0.29, 0.717) is 20.4 Å². The van der Waals surface area contributed by atoms with Gasteiger partial charge in [-0.25, -0.2) is 0 Å². The first-order chi connectivity index (χ1) is 2.91. The molecule has 0 atom stereocenters. The number of allylic oxidation sites excluding steroid dienone is 2. The Kier molecular flexibility index (Phi) is 5.97. The second-order valence-corrected chi connectivity index (χ2v) is 2.94. The lowest BCUT2D eigenvalue weighted by Gasteiger charge is -1.72. The van der Waals surface area contributed by atoms with Crippen LogP contribution in [0.5, 0.6) is 0 Å². The lowest BCUT2D eigenvalue weighted by Crippen LogP contribution is -1.70. The summed E-state index contributed by atoms with van der Waals surface area (Å²) >= 11 is 0.316. The molecular weight excluding hydrogens is 84.4 g/mol. The SMILES string of the molecule is CC=C[CH2][Mg][CH3]. The van der Waals surface area contributed by atoms with Gasteiger partial charge in [-0.05, 0) is 6.92 Å². The van der Waals surface area contributed by atoms with Crippen molar-refractivity contribution in [3.63, 3.8) is 0 Å². The van der Waals surface area contributed by atoms with Crippen LogP contribution < -0.4 is 0 Å². The Bertz CT molecular complexity index is 39.2. The van der Waals surface area contributed by atoms with Crippen LogP contribution in [0.4, 0.5) is 0 Å². The van der Waals surface area contributed by atoms with Crippen LogP contribution in [0.15, 0.2) is 12.2 Å². The maximum atomic E-state index is 2.32. The molecule has 0 saturated heterocycles. The zero-order valence-electron chi connectivity index (χ0n) is 4.57. The standard InChI is InChI=1S/C4H7.CH3.Mg/c1-3-4-2;;/h3-4H,1H2,2H3;1H3;. The summed E-state index contributed by atoms with van der Waals surface area (Å²) in [7, 11) is 0. The molecule has 0 bridgehead atoms. The zero-order valence-corrected chi connectivity index (χ0v) is 5.98. The fourth-order valence-corrected chi connectivity index (χ4v) is 1.00. The van der Waals surface area contributed by atoms with Gasteiger partial charge in [0.2, 0.25) is 0 Å². The van der Waals surface area contributed by atoms with E-state index in [1.165, 1.54) is 4.55 Å². The third-order valence-electron chi connectivity index (χ3n) is 0.691. The molecule has 0 nitrogen and oxygen atoms in total. The molecule has 0 aromatic heterocycles. The van der Waals surface area contributed by atoms with Crippen molar-refractivity contribution in [2.75, 3.05) is 0 Å². The lowest BCUT2D eigenvalue weighted by molar-refractivity contribution is 1.60. The smallest absolute Gasteiger partial charge is 0.157 e. The van der Waals surface area contributed by atoms with Gasteiger partial charge in [0.25, 0.3) is 0 Å². The van der Waals surface area contributed by atoms with Crippen LogP contribution in [0.1, 0.15) is 6.92 Å². The summed E-state index contributed by atoms with van der Waals surface area (Å²) in [4.78, 5) is 0.